The molecule has 3 amide bonds. The molecule has 11 rings (SSSR count). The SMILES string of the molecule is CC(=O)N1CCc2c(c(N3CCCc4cc(-n5cc(CCOc6cc([C@H](C(=O)N7C[C@H](O)C[C@H]7C(=O)N[C@@H](C)c7ccc(-c8scnc8C)cc7)C(C)C)on6)c6ccncc65)c(C(F)F)cc43)nn2C2CCOCC2)C1. The van der Waals surface area contributed by atoms with Crippen LogP contribution in [0.1, 0.15) is 123 Å². The summed E-state index contributed by atoms with van der Waals surface area (Å²) < 4.78 is 52.6. The van der Waals surface area contributed by atoms with Gasteiger partial charge in [-0.2, -0.15) is 5.10 Å². The average Bonchev–Trinajstić information content (AvgIpc) is 4.30. The Hall–Kier alpha value is -7.03. The minimum Gasteiger partial charge on any atom is -0.475 e. The summed E-state index contributed by atoms with van der Waals surface area (Å²) in [6, 6.07) is 13.8. The number of β-amino-alcohol motifs (C(OH)–C–C–N with tert-alkyl or cyclic N) is 1. The van der Waals surface area contributed by atoms with Gasteiger partial charge in [0.2, 0.25) is 17.7 Å². The maximum Gasteiger partial charge on any atom is 0.265 e. The predicted octanol–water partition coefficient (Wildman–Crippen LogP) is 9.12. The second-order valence-corrected chi connectivity index (χ2v) is 22.0. The number of pyridine rings is 1. The number of hydrogen-bond donors (Lipinski definition) is 2. The van der Waals surface area contributed by atoms with E-state index in [9.17, 15) is 19.5 Å². The number of hydrogen-bond acceptors (Lipinski definition) is 13. The molecule has 2 N–H and O–H groups in total. The number of halogens is 2. The highest BCUT2D eigenvalue weighted by atomic mass is 32.1. The lowest BCUT2D eigenvalue weighted by Crippen LogP contribution is -2.48. The molecule has 7 aromatic rings. The lowest BCUT2D eigenvalue weighted by atomic mass is 9.91. The summed E-state index contributed by atoms with van der Waals surface area (Å²) in [5.41, 5.74) is 10.2. The van der Waals surface area contributed by atoms with Gasteiger partial charge in [0.25, 0.3) is 12.3 Å². The van der Waals surface area contributed by atoms with Crippen LogP contribution in [0.5, 0.6) is 5.88 Å². The lowest BCUT2D eigenvalue weighted by Gasteiger charge is -2.33. The summed E-state index contributed by atoms with van der Waals surface area (Å²) in [6.45, 7) is 12.3. The number of carbonyl (C=O) groups is 3. The van der Waals surface area contributed by atoms with Crippen LogP contribution < -0.4 is 15.0 Å². The third kappa shape index (κ3) is 10.2. The molecule has 0 unspecified atom stereocenters. The van der Waals surface area contributed by atoms with E-state index < -0.39 is 24.5 Å². The zero-order valence-corrected chi connectivity index (χ0v) is 44.8. The molecule has 0 bridgehead atoms. The number of carbonyl (C=O) groups excluding carboxylic acids is 3. The molecule has 4 atom stereocenters. The molecule has 0 radical (unpaired) electrons. The minimum atomic E-state index is -2.81. The number of rotatable bonds is 15. The third-order valence-corrected chi connectivity index (χ3v) is 16.8. The van der Waals surface area contributed by atoms with Crippen molar-refractivity contribution in [1.29, 1.82) is 0 Å². The van der Waals surface area contributed by atoms with Gasteiger partial charge in [0.15, 0.2) is 11.6 Å². The number of likely N-dealkylation sites (tertiary alicyclic amines) is 1. The molecule has 404 valence electrons. The number of amides is 3. The van der Waals surface area contributed by atoms with E-state index in [2.05, 4.69) is 30.0 Å². The average molecular weight is 1070 g/mol. The number of fused-ring (bicyclic) bond motifs is 3. The van der Waals surface area contributed by atoms with Gasteiger partial charge in [0, 0.05) is 105 Å². The van der Waals surface area contributed by atoms with Crippen LogP contribution in [-0.4, -0.2) is 114 Å². The van der Waals surface area contributed by atoms with Crippen LogP contribution in [-0.2, 0) is 44.9 Å². The molecule has 2 saturated heterocycles. The monoisotopic (exact) mass is 1070 g/mol. The fourth-order valence-electron chi connectivity index (χ4n) is 11.8. The Balaban J connectivity index is 0.795. The number of aryl methyl sites for hydroxylation is 2. The highest BCUT2D eigenvalue weighted by Crippen LogP contribution is 2.44. The molecule has 0 aliphatic carbocycles. The van der Waals surface area contributed by atoms with Crippen molar-refractivity contribution >= 4 is 51.5 Å². The lowest BCUT2D eigenvalue weighted by molar-refractivity contribution is -0.141. The van der Waals surface area contributed by atoms with Crippen molar-refractivity contribution in [3.63, 3.8) is 0 Å². The zero-order chi connectivity index (χ0) is 53.6. The van der Waals surface area contributed by atoms with E-state index in [1.807, 2.05) is 80.7 Å². The van der Waals surface area contributed by atoms with E-state index in [4.69, 9.17) is 19.1 Å². The molecule has 0 spiro atoms. The van der Waals surface area contributed by atoms with Crippen LogP contribution in [0.3, 0.4) is 0 Å². The number of nitrogens with zero attached hydrogens (tertiary/aromatic N) is 9. The Morgan fingerprint density at radius 2 is 1.82 bits per heavy atom. The number of aliphatic hydroxyl groups is 1. The molecular formula is C57H64F2N10O7S. The van der Waals surface area contributed by atoms with Crippen LogP contribution in [0.25, 0.3) is 27.0 Å². The minimum absolute atomic E-state index is 0.00613. The van der Waals surface area contributed by atoms with E-state index in [-0.39, 0.29) is 72.5 Å². The van der Waals surface area contributed by atoms with Gasteiger partial charge in [0.05, 0.1) is 64.8 Å². The van der Waals surface area contributed by atoms with Gasteiger partial charge < -0.3 is 43.7 Å². The summed E-state index contributed by atoms with van der Waals surface area (Å²) in [5.74, 6) is -0.666. The van der Waals surface area contributed by atoms with Gasteiger partial charge in [-0.25, -0.2) is 13.8 Å². The summed E-state index contributed by atoms with van der Waals surface area (Å²) in [4.78, 5) is 56.1. The molecule has 0 saturated carbocycles. The number of alkyl halides is 2. The van der Waals surface area contributed by atoms with Crippen molar-refractivity contribution in [1.82, 2.24) is 44.6 Å². The normalized spacial score (nSPS) is 18.8. The van der Waals surface area contributed by atoms with E-state index in [1.54, 1.807) is 47.4 Å². The van der Waals surface area contributed by atoms with Gasteiger partial charge in [-0.05, 0) is 91.1 Å². The number of benzene rings is 2. The molecule has 20 heteroatoms. The standard InChI is InChI=1S/C57H64F2N10O7S/c1-32(2)52(57(73)68-29-41(71)24-48(68)56(72)62-33(3)36-8-10-37(11-9-36)53-34(4)61-31-77-53)50-26-51(64-76-50)75-22-14-39-28-67(49-27-60-17-12-42(39)49)47-23-38-7-6-18-66(46(38)25-43(47)54(58)59)55-44-30-65(35(5)70)19-13-45(44)69(63-55)40-15-20-74-21-16-40/h8-12,17,23,25-28,31-33,40-41,48,52,54,71H,6-7,13-16,18-22,24,29-30H2,1-5H3,(H,62,72)/t33-,41+,48-,52+/m0/s1. The second kappa shape index (κ2) is 21.8. The van der Waals surface area contributed by atoms with Crippen LogP contribution in [0, 0.1) is 12.8 Å². The quantitative estimate of drug-likeness (QED) is 0.0994. The van der Waals surface area contributed by atoms with Gasteiger partial charge in [0.1, 0.15) is 12.0 Å². The van der Waals surface area contributed by atoms with E-state index in [1.165, 1.54) is 4.90 Å². The number of thiazole rings is 1. The first-order valence-corrected chi connectivity index (χ1v) is 27.6. The Bertz CT molecular complexity index is 3310. The number of ether oxygens (including phenoxy) is 2. The first kappa shape index (κ1) is 52.0. The van der Waals surface area contributed by atoms with E-state index in [0.717, 1.165) is 74.5 Å². The predicted molar refractivity (Wildman–Crippen MR) is 286 cm³/mol. The molecule has 9 heterocycles. The van der Waals surface area contributed by atoms with Gasteiger partial charge in [-0.3, -0.25) is 24.0 Å². The van der Waals surface area contributed by atoms with Crippen molar-refractivity contribution < 1.29 is 42.3 Å². The molecule has 2 aromatic carbocycles. The fraction of sp³-hybridized carbons (Fsp3) is 0.456. The molecular weight excluding hydrogens is 1010 g/mol. The van der Waals surface area contributed by atoms with Crippen molar-refractivity contribution in [2.75, 3.05) is 44.4 Å². The van der Waals surface area contributed by atoms with Crippen molar-refractivity contribution in [3.05, 3.63) is 118 Å². The molecule has 17 nitrogen and oxygen atoms in total. The maximum absolute atomic E-state index is 15.5. The number of nitrogens with one attached hydrogen (secondary N) is 1. The van der Waals surface area contributed by atoms with Crippen LogP contribution in [0.4, 0.5) is 20.3 Å². The van der Waals surface area contributed by atoms with Crippen molar-refractivity contribution in [2.45, 2.75) is 123 Å². The van der Waals surface area contributed by atoms with Crippen molar-refractivity contribution in [2.24, 2.45) is 5.92 Å². The molecule has 4 aliphatic rings. The first-order valence-electron chi connectivity index (χ1n) is 26.7. The summed E-state index contributed by atoms with van der Waals surface area (Å²) in [7, 11) is 0. The number of anilines is 2. The maximum atomic E-state index is 15.5. The van der Waals surface area contributed by atoms with Crippen LogP contribution in [0.2, 0.25) is 0 Å². The van der Waals surface area contributed by atoms with Crippen LogP contribution >= 0.6 is 11.3 Å². The highest BCUT2D eigenvalue weighted by molar-refractivity contribution is 7.13. The molecule has 5 aromatic heterocycles. The highest BCUT2D eigenvalue weighted by Gasteiger charge is 2.44. The molecule has 2 fully saturated rings. The van der Waals surface area contributed by atoms with Crippen molar-refractivity contribution in [3.8, 4) is 22.0 Å². The number of aliphatic hydroxyl groups excluding tert-OH is 1. The largest absolute Gasteiger partial charge is 0.475 e. The Morgan fingerprint density at radius 1 is 1.01 bits per heavy atom. The Labute approximate surface area is 449 Å². The van der Waals surface area contributed by atoms with E-state index in [0.29, 0.717) is 69.0 Å². The van der Waals surface area contributed by atoms with E-state index >= 15 is 8.78 Å². The summed E-state index contributed by atoms with van der Waals surface area (Å²) in [6.07, 6.45) is 5.81. The van der Waals surface area contributed by atoms with Gasteiger partial charge in [-0.1, -0.05) is 38.1 Å². The topological polar surface area (TPSA) is 186 Å². The molecule has 4 aliphatic heterocycles. The first-order chi connectivity index (χ1) is 37.2. The third-order valence-electron chi connectivity index (χ3n) is 15.8. The molecule has 77 heavy (non-hydrogen) atoms. The van der Waals surface area contributed by atoms with Gasteiger partial charge >= 0.3 is 0 Å². The summed E-state index contributed by atoms with van der Waals surface area (Å²) >= 11 is 1.57. The fourth-order valence-corrected chi connectivity index (χ4v) is 12.6. The zero-order valence-electron chi connectivity index (χ0n) is 44.0. The summed E-state index contributed by atoms with van der Waals surface area (Å²) in [5, 5.41) is 24.1. The smallest absolute Gasteiger partial charge is 0.265 e. The van der Waals surface area contributed by atoms with Crippen LogP contribution in [0.15, 0.2) is 77.2 Å². The Morgan fingerprint density at radius 3 is 2.56 bits per heavy atom. The number of aromatic nitrogens is 6. The Kier molecular flexibility index (Phi) is 14.7. The second-order valence-electron chi connectivity index (χ2n) is 21.1. The van der Waals surface area contributed by atoms with Gasteiger partial charge in [-0.15, -0.1) is 11.3 Å².